The first kappa shape index (κ1) is 11.4. The van der Waals surface area contributed by atoms with E-state index in [4.69, 9.17) is 21.6 Å². The molecule has 0 saturated heterocycles. The Labute approximate surface area is 100 Å². The zero-order valence-electron chi connectivity index (χ0n) is 9.16. The van der Waals surface area contributed by atoms with Crippen molar-refractivity contribution in [1.82, 2.24) is 4.98 Å². The van der Waals surface area contributed by atoms with Crippen molar-refractivity contribution in [3.05, 3.63) is 28.0 Å². The molecule has 0 fully saturated rings. The maximum atomic E-state index is 8.84. The Hall–Kier alpha value is -1.11. The van der Waals surface area contributed by atoms with Gasteiger partial charge >= 0.3 is 0 Å². The van der Waals surface area contributed by atoms with E-state index in [2.05, 4.69) is 11.9 Å². The minimum atomic E-state index is 0.244. The lowest BCUT2D eigenvalue weighted by Gasteiger charge is -2.24. The van der Waals surface area contributed by atoms with E-state index >= 15 is 0 Å². The van der Waals surface area contributed by atoms with Crippen LogP contribution < -0.4 is 0 Å². The molecule has 2 heterocycles. The minimum Gasteiger partial charge on any atom is -0.373 e. The summed E-state index contributed by atoms with van der Waals surface area (Å²) >= 11 is 5.91. The van der Waals surface area contributed by atoms with E-state index in [9.17, 15) is 0 Å². The molecule has 1 atom stereocenters. The summed E-state index contributed by atoms with van der Waals surface area (Å²) in [5.74, 6) is 0. The van der Waals surface area contributed by atoms with Gasteiger partial charge in [-0.05, 0) is 12.5 Å². The lowest BCUT2D eigenvalue weighted by molar-refractivity contribution is 0.0215. The quantitative estimate of drug-likeness (QED) is 0.742. The molecule has 0 aliphatic carbocycles. The lowest BCUT2D eigenvalue weighted by atomic mass is 10.0. The van der Waals surface area contributed by atoms with Crippen LogP contribution in [0.4, 0.5) is 0 Å². The average Bonchev–Trinajstić information content (AvgIpc) is 2.28. The molecule has 0 saturated carbocycles. The van der Waals surface area contributed by atoms with Gasteiger partial charge in [0.05, 0.1) is 24.0 Å². The van der Waals surface area contributed by atoms with E-state index in [0.717, 1.165) is 30.5 Å². The van der Waals surface area contributed by atoms with Crippen molar-refractivity contribution in [2.75, 3.05) is 0 Å². The first-order valence-corrected chi connectivity index (χ1v) is 5.82. The number of ether oxygens (including phenoxy) is 1. The summed E-state index contributed by atoms with van der Waals surface area (Å²) in [5.41, 5.74) is 2.40. The van der Waals surface area contributed by atoms with Crippen molar-refractivity contribution in [3.8, 4) is 6.07 Å². The van der Waals surface area contributed by atoms with Gasteiger partial charge in [-0.3, -0.25) is 0 Å². The lowest BCUT2D eigenvalue weighted by Crippen LogP contribution is -2.23. The van der Waals surface area contributed by atoms with Gasteiger partial charge in [-0.25, -0.2) is 4.98 Å². The summed E-state index contributed by atoms with van der Waals surface area (Å²) in [6, 6.07) is 3.82. The number of hydrogen-bond donors (Lipinski definition) is 0. The van der Waals surface area contributed by atoms with E-state index in [1.165, 1.54) is 0 Å². The van der Waals surface area contributed by atoms with Crippen molar-refractivity contribution < 1.29 is 4.74 Å². The molecule has 84 valence electrons. The third-order valence-corrected chi connectivity index (χ3v) is 3.06. The smallest absolute Gasteiger partial charge is 0.147 e. The van der Waals surface area contributed by atoms with Crippen LogP contribution in [-0.4, -0.2) is 11.1 Å². The molecule has 0 aromatic carbocycles. The number of fused-ring (bicyclic) bond motifs is 1. The molecule has 0 unspecified atom stereocenters. The molecule has 3 nitrogen and oxygen atoms in total. The van der Waals surface area contributed by atoms with Gasteiger partial charge in [0.15, 0.2) is 0 Å². The molecule has 0 bridgehead atoms. The van der Waals surface area contributed by atoms with Gasteiger partial charge in [0.25, 0.3) is 0 Å². The van der Waals surface area contributed by atoms with Crippen LogP contribution in [0.15, 0.2) is 6.07 Å². The number of aromatic nitrogens is 1. The monoisotopic (exact) mass is 236 g/mol. The second-order valence-electron chi connectivity index (χ2n) is 3.97. The summed E-state index contributed by atoms with van der Waals surface area (Å²) in [5, 5.41) is 9.15. The molecule has 1 aliphatic rings. The zero-order valence-corrected chi connectivity index (χ0v) is 9.92. The van der Waals surface area contributed by atoms with Crippen molar-refractivity contribution in [2.45, 2.75) is 38.9 Å². The Kier molecular flexibility index (Phi) is 3.42. The summed E-state index contributed by atoms with van der Waals surface area (Å²) in [6.07, 6.45) is 3.19. The molecular formula is C12H13ClN2O. The predicted octanol–water partition coefficient (Wildman–Crippen LogP) is 2.85. The Balaban J connectivity index is 2.27. The van der Waals surface area contributed by atoms with E-state index in [1.807, 2.05) is 6.07 Å². The Bertz CT molecular complexity index is 439. The molecule has 0 spiro atoms. The zero-order chi connectivity index (χ0) is 11.5. The third kappa shape index (κ3) is 2.18. The number of nitrogens with zero attached hydrogens (tertiary/aromatic N) is 2. The fourth-order valence-corrected chi connectivity index (χ4v) is 2.14. The topological polar surface area (TPSA) is 45.9 Å². The maximum Gasteiger partial charge on any atom is 0.147 e. The van der Waals surface area contributed by atoms with Gasteiger partial charge in [0.2, 0.25) is 0 Å². The predicted molar refractivity (Wildman–Crippen MR) is 61.2 cm³/mol. The number of pyridine rings is 1. The normalized spacial score (nSPS) is 18.9. The number of rotatable bonds is 2. The molecule has 0 N–H and O–H groups in total. The minimum absolute atomic E-state index is 0.244. The molecular weight excluding hydrogens is 224 g/mol. The van der Waals surface area contributed by atoms with Crippen molar-refractivity contribution in [1.29, 1.82) is 5.26 Å². The fourth-order valence-electron chi connectivity index (χ4n) is 1.94. The molecule has 1 aliphatic heterocycles. The van der Waals surface area contributed by atoms with Gasteiger partial charge in [-0.15, -0.1) is 0 Å². The second kappa shape index (κ2) is 4.82. The molecule has 16 heavy (non-hydrogen) atoms. The van der Waals surface area contributed by atoms with Gasteiger partial charge in [-0.1, -0.05) is 24.9 Å². The van der Waals surface area contributed by atoms with Crippen LogP contribution in [0.1, 0.15) is 36.6 Å². The molecule has 1 aromatic heterocycles. The highest BCUT2D eigenvalue weighted by Gasteiger charge is 2.21. The van der Waals surface area contributed by atoms with E-state index in [1.54, 1.807) is 6.07 Å². The maximum absolute atomic E-state index is 8.84. The Morgan fingerprint density at radius 2 is 2.50 bits per heavy atom. The Morgan fingerprint density at radius 3 is 3.19 bits per heavy atom. The highest BCUT2D eigenvalue weighted by atomic mass is 35.5. The van der Waals surface area contributed by atoms with E-state index in [0.29, 0.717) is 17.3 Å². The van der Waals surface area contributed by atoms with Crippen LogP contribution in [-0.2, 0) is 17.8 Å². The average molecular weight is 237 g/mol. The molecule has 4 heteroatoms. The summed E-state index contributed by atoms with van der Waals surface area (Å²) in [7, 11) is 0. The van der Waals surface area contributed by atoms with Crippen LogP contribution >= 0.6 is 11.6 Å². The molecule has 1 aromatic rings. The highest BCUT2D eigenvalue weighted by Crippen LogP contribution is 2.25. The first-order chi connectivity index (χ1) is 7.74. The van der Waals surface area contributed by atoms with Crippen molar-refractivity contribution >= 4 is 11.6 Å². The first-order valence-electron chi connectivity index (χ1n) is 5.44. The van der Waals surface area contributed by atoms with Crippen molar-refractivity contribution in [2.24, 2.45) is 0 Å². The summed E-state index contributed by atoms with van der Waals surface area (Å²) in [4.78, 5) is 4.28. The SMILES string of the molecule is CCC[C@H]1Cc2nc(Cl)c(C#N)cc2CO1. The summed E-state index contributed by atoms with van der Waals surface area (Å²) in [6.45, 7) is 2.68. The van der Waals surface area contributed by atoms with Crippen molar-refractivity contribution in [3.63, 3.8) is 0 Å². The number of hydrogen-bond acceptors (Lipinski definition) is 3. The second-order valence-corrected chi connectivity index (χ2v) is 4.33. The third-order valence-electron chi connectivity index (χ3n) is 2.77. The largest absolute Gasteiger partial charge is 0.373 e. The van der Waals surface area contributed by atoms with Crippen LogP contribution in [0, 0.1) is 11.3 Å². The molecule has 0 radical (unpaired) electrons. The molecule has 2 rings (SSSR count). The number of halogens is 1. The van der Waals surface area contributed by atoms with E-state index < -0.39 is 0 Å². The van der Waals surface area contributed by atoms with Gasteiger partial charge in [-0.2, -0.15) is 5.26 Å². The van der Waals surface area contributed by atoms with Gasteiger partial charge in [0.1, 0.15) is 11.2 Å². The van der Waals surface area contributed by atoms with Gasteiger partial charge < -0.3 is 4.74 Å². The Morgan fingerprint density at radius 1 is 1.69 bits per heavy atom. The standard InChI is InChI=1S/C12H13ClN2O/c1-2-3-10-5-11-9(7-16-10)4-8(6-14)12(13)15-11/h4,10H,2-3,5,7H2,1H3/t10-/m0/s1. The highest BCUT2D eigenvalue weighted by molar-refractivity contribution is 6.30. The number of nitriles is 1. The van der Waals surface area contributed by atoms with Gasteiger partial charge in [0, 0.05) is 12.0 Å². The van der Waals surface area contributed by atoms with Crippen LogP contribution in [0.2, 0.25) is 5.15 Å². The van der Waals surface area contributed by atoms with Crippen LogP contribution in [0.5, 0.6) is 0 Å². The van der Waals surface area contributed by atoms with Crippen LogP contribution in [0.25, 0.3) is 0 Å². The van der Waals surface area contributed by atoms with Crippen LogP contribution in [0.3, 0.4) is 0 Å². The molecule has 0 amide bonds. The fraction of sp³-hybridized carbons (Fsp3) is 0.500. The summed E-state index contributed by atoms with van der Waals surface area (Å²) < 4.78 is 5.69. The van der Waals surface area contributed by atoms with E-state index in [-0.39, 0.29) is 6.10 Å².